The van der Waals surface area contributed by atoms with Crippen LogP contribution in [0.1, 0.15) is 36.0 Å². The van der Waals surface area contributed by atoms with E-state index in [1.165, 1.54) is 16.9 Å². The van der Waals surface area contributed by atoms with Gasteiger partial charge in [0, 0.05) is 16.9 Å². The summed E-state index contributed by atoms with van der Waals surface area (Å²) in [5.41, 5.74) is 17.2. The second kappa shape index (κ2) is 10.6. The number of rotatable bonds is 7. The molecule has 1 aromatic heterocycles. The Balaban J connectivity index is 1.32. The predicted molar refractivity (Wildman–Crippen MR) is 140 cm³/mol. The van der Waals surface area contributed by atoms with E-state index < -0.39 is 0 Å². The molecule has 35 heavy (non-hydrogen) atoms. The molecule has 0 saturated carbocycles. The van der Waals surface area contributed by atoms with Crippen molar-refractivity contribution in [1.29, 1.82) is 0 Å². The van der Waals surface area contributed by atoms with Gasteiger partial charge in [0.05, 0.1) is 10.9 Å². The highest BCUT2D eigenvalue weighted by Gasteiger charge is 2.19. The summed E-state index contributed by atoms with van der Waals surface area (Å²) in [5.74, 6) is 6.92. The van der Waals surface area contributed by atoms with Gasteiger partial charge in [0.1, 0.15) is 18.2 Å². The molecule has 7 heteroatoms. The molecular weight excluding hydrogens is 459 g/mol. The quantitative estimate of drug-likeness (QED) is 0.259. The van der Waals surface area contributed by atoms with E-state index in [1.54, 1.807) is 6.07 Å². The highest BCUT2D eigenvalue weighted by atomic mass is 32.1. The minimum Gasteiger partial charge on any atom is -0.489 e. The van der Waals surface area contributed by atoms with Crippen LogP contribution in [0.3, 0.4) is 0 Å². The maximum absolute atomic E-state index is 14.9. The van der Waals surface area contributed by atoms with Gasteiger partial charge in [-0.2, -0.15) is 11.1 Å². The summed E-state index contributed by atoms with van der Waals surface area (Å²) in [6.45, 7) is 4.22. The minimum atomic E-state index is -0.208. The molecule has 0 amide bonds. The average Bonchev–Trinajstić information content (AvgIpc) is 3.54. The Labute approximate surface area is 208 Å². The summed E-state index contributed by atoms with van der Waals surface area (Å²) in [5, 5.41) is 2.97. The van der Waals surface area contributed by atoms with E-state index in [0.717, 1.165) is 39.8 Å². The van der Waals surface area contributed by atoms with Gasteiger partial charge in [0.25, 0.3) is 0 Å². The Morgan fingerprint density at radius 3 is 2.54 bits per heavy atom. The summed E-state index contributed by atoms with van der Waals surface area (Å²) < 4.78 is 21.6. The molecule has 4 aromatic rings. The lowest BCUT2D eigenvalue weighted by Crippen LogP contribution is -2.35. The van der Waals surface area contributed by atoms with Crippen molar-refractivity contribution in [2.45, 2.75) is 39.0 Å². The fourth-order valence-corrected chi connectivity index (χ4v) is 5.33. The summed E-state index contributed by atoms with van der Waals surface area (Å²) in [7, 11) is 0. The van der Waals surface area contributed by atoms with Crippen molar-refractivity contribution in [2.24, 2.45) is 0 Å². The predicted octanol–water partition coefficient (Wildman–Crippen LogP) is 5.53. The molecule has 2 heterocycles. The number of fused-ring (bicyclic) bond motifs is 1. The zero-order chi connectivity index (χ0) is 24.2. The molecule has 5 rings (SSSR count). The Morgan fingerprint density at radius 1 is 1.03 bits per heavy atom. The maximum Gasteiger partial charge on any atom is 0.141 e. The van der Waals surface area contributed by atoms with Crippen LogP contribution in [0.15, 0.2) is 66.0 Å². The van der Waals surface area contributed by atoms with E-state index in [-0.39, 0.29) is 17.9 Å². The van der Waals surface area contributed by atoms with Crippen LogP contribution in [-0.4, -0.2) is 6.17 Å². The van der Waals surface area contributed by atoms with Gasteiger partial charge in [-0.3, -0.25) is 0 Å². The van der Waals surface area contributed by atoms with Crippen molar-refractivity contribution in [2.75, 3.05) is 0 Å². The van der Waals surface area contributed by atoms with Crippen LogP contribution < -0.4 is 26.7 Å². The molecule has 5 nitrogen and oxygen atoms in total. The second-order valence-corrected chi connectivity index (χ2v) is 9.43. The first-order valence-electron chi connectivity index (χ1n) is 11.5. The van der Waals surface area contributed by atoms with E-state index in [0.29, 0.717) is 11.3 Å². The second-order valence-electron chi connectivity index (χ2n) is 8.55. The molecule has 1 aliphatic rings. The lowest BCUT2D eigenvalue weighted by molar-refractivity contribution is 0.305. The van der Waals surface area contributed by atoms with Crippen molar-refractivity contribution < 1.29 is 9.13 Å². The molecule has 0 radical (unpaired) electrons. The summed E-state index contributed by atoms with van der Waals surface area (Å²) in [6.07, 6.45) is 0.868. The number of ether oxygens (including phenoxy) is 1. The van der Waals surface area contributed by atoms with Crippen LogP contribution in [0, 0.1) is 24.6 Å². The third-order valence-electron chi connectivity index (χ3n) is 6.16. The minimum absolute atomic E-state index is 0.0725. The van der Waals surface area contributed by atoms with Gasteiger partial charge in [-0.25, -0.2) is 15.2 Å². The first kappa shape index (κ1) is 23.5. The van der Waals surface area contributed by atoms with Crippen molar-refractivity contribution in [3.05, 3.63) is 88.6 Å². The van der Waals surface area contributed by atoms with Gasteiger partial charge in [-0.05, 0) is 72.2 Å². The Kier molecular flexibility index (Phi) is 7.09. The smallest absolute Gasteiger partial charge is 0.141 e. The summed E-state index contributed by atoms with van der Waals surface area (Å²) in [6, 6.07) is 19.8. The van der Waals surface area contributed by atoms with Crippen LogP contribution in [0.25, 0.3) is 21.2 Å². The largest absolute Gasteiger partial charge is 0.489 e. The van der Waals surface area contributed by atoms with Gasteiger partial charge in [0.15, 0.2) is 0 Å². The number of thiophene rings is 1. The Morgan fingerprint density at radius 2 is 1.80 bits per heavy atom. The zero-order valence-corrected chi connectivity index (χ0v) is 20.4. The molecule has 3 aromatic carbocycles. The number of hydrazine groups is 3. The standard InChI is InChI=1S/C28H27FN4OS/c1-3-6-21(15-27-30-32-33-31-27)20-9-11-22(12-10-20)34-16-19-13-24-25(17-35-28(24)26(29)14-19)23-8-5-4-7-18(23)2/h4-5,7-14,17,21,27,30-33H,15-16H2,1-2H3/t21-/m0/s1. The van der Waals surface area contributed by atoms with E-state index in [4.69, 9.17) is 4.74 Å². The molecule has 0 aliphatic carbocycles. The van der Waals surface area contributed by atoms with Gasteiger partial charge >= 0.3 is 0 Å². The van der Waals surface area contributed by atoms with Crippen molar-refractivity contribution in [3.63, 3.8) is 0 Å². The van der Waals surface area contributed by atoms with Crippen LogP contribution >= 0.6 is 11.3 Å². The van der Waals surface area contributed by atoms with Crippen LogP contribution in [0.4, 0.5) is 4.39 Å². The Bertz CT molecular complexity index is 1380. The van der Waals surface area contributed by atoms with E-state index >= 15 is 0 Å². The number of benzene rings is 3. The van der Waals surface area contributed by atoms with Crippen LogP contribution in [-0.2, 0) is 6.61 Å². The van der Waals surface area contributed by atoms with Gasteiger partial charge in [0.2, 0.25) is 0 Å². The molecule has 4 N–H and O–H groups in total. The Hall–Kier alpha value is -3.25. The highest BCUT2D eigenvalue weighted by molar-refractivity contribution is 7.17. The van der Waals surface area contributed by atoms with Crippen molar-refractivity contribution in [1.82, 2.24) is 21.9 Å². The van der Waals surface area contributed by atoms with Crippen LogP contribution in [0.5, 0.6) is 5.75 Å². The average molecular weight is 487 g/mol. The molecule has 0 bridgehead atoms. The highest BCUT2D eigenvalue weighted by Crippen LogP contribution is 2.37. The molecule has 0 unspecified atom stereocenters. The van der Waals surface area contributed by atoms with Gasteiger partial charge in [-0.15, -0.1) is 17.3 Å². The molecule has 1 atom stereocenters. The lowest BCUT2D eigenvalue weighted by atomic mass is 9.95. The van der Waals surface area contributed by atoms with Crippen LogP contribution in [0.2, 0.25) is 0 Å². The summed E-state index contributed by atoms with van der Waals surface area (Å²) in [4.78, 5) is 0. The molecule has 1 fully saturated rings. The monoisotopic (exact) mass is 486 g/mol. The SMILES string of the molecule is CC#C[C@@H](CC1NNNN1)c1ccc(OCc2cc(F)c3scc(-c4ccccc4C)c3c2)cc1. The molecule has 1 saturated heterocycles. The fraction of sp³-hybridized carbons (Fsp3) is 0.214. The third-order valence-corrected chi connectivity index (χ3v) is 7.16. The molecular formula is C28H27FN4OS. The third kappa shape index (κ3) is 5.22. The first-order chi connectivity index (χ1) is 17.1. The summed E-state index contributed by atoms with van der Waals surface area (Å²) >= 11 is 1.44. The van der Waals surface area contributed by atoms with E-state index in [2.05, 4.69) is 52.8 Å². The first-order valence-corrected chi connectivity index (χ1v) is 12.4. The number of aryl methyl sites for hydroxylation is 1. The topological polar surface area (TPSA) is 57.3 Å². The van der Waals surface area contributed by atoms with E-state index in [1.807, 2.05) is 54.8 Å². The number of halogens is 1. The molecule has 178 valence electrons. The fourth-order valence-electron chi connectivity index (χ4n) is 4.37. The molecule has 1 aliphatic heterocycles. The van der Waals surface area contributed by atoms with E-state index in [9.17, 15) is 4.39 Å². The van der Waals surface area contributed by atoms with Crippen molar-refractivity contribution >= 4 is 21.4 Å². The number of hydrogen-bond acceptors (Lipinski definition) is 6. The number of hydrogen-bond donors (Lipinski definition) is 4. The zero-order valence-electron chi connectivity index (χ0n) is 19.6. The number of nitrogens with one attached hydrogen (secondary N) is 4. The molecule has 0 spiro atoms. The maximum atomic E-state index is 14.9. The lowest BCUT2D eigenvalue weighted by Gasteiger charge is -2.16. The van der Waals surface area contributed by atoms with Crippen molar-refractivity contribution in [3.8, 4) is 28.7 Å². The van der Waals surface area contributed by atoms with Gasteiger partial charge < -0.3 is 4.74 Å². The normalized spacial score (nSPS) is 14.6. The van der Waals surface area contributed by atoms with Gasteiger partial charge in [-0.1, -0.05) is 42.3 Å².